The molecular formula is C43H81NO3. The van der Waals surface area contributed by atoms with Crippen molar-refractivity contribution < 1.29 is 15.0 Å². The van der Waals surface area contributed by atoms with Crippen molar-refractivity contribution in [3.05, 3.63) is 36.5 Å². The molecule has 4 heteroatoms. The maximum atomic E-state index is 12.3. The van der Waals surface area contributed by atoms with E-state index in [1.165, 1.54) is 148 Å². The Morgan fingerprint density at radius 2 is 0.872 bits per heavy atom. The number of carbonyl (C=O) groups is 1. The summed E-state index contributed by atoms with van der Waals surface area (Å²) in [6.07, 6.45) is 50.9. The Balaban J connectivity index is 3.61. The maximum absolute atomic E-state index is 12.3. The minimum absolute atomic E-state index is 0.0778. The van der Waals surface area contributed by atoms with Gasteiger partial charge >= 0.3 is 0 Å². The van der Waals surface area contributed by atoms with Crippen molar-refractivity contribution in [2.45, 2.75) is 225 Å². The van der Waals surface area contributed by atoms with E-state index in [2.05, 4.69) is 43.5 Å². The van der Waals surface area contributed by atoms with Gasteiger partial charge in [0.15, 0.2) is 0 Å². The fraction of sp³-hybridized carbons (Fsp3) is 0.837. The van der Waals surface area contributed by atoms with E-state index in [1.54, 1.807) is 6.08 Å². The van der Waals surface area contributed by atoms with Crippen LogP contribution in [0.3, 0.4) is 0 Å². The number of aliphatic hydroxyl groups excluding tert-OH is 2. The molecule has 0 aliphatic carbocycles. The van der Waals surface area contributed by atoms with Crippen LogP contribution >= 0.6 is 0 Å². The minimum atomic E-state index is -0.843. The standard InChI is InChI=1S/C43H81NO3/c1-3-5-7-9-11-13-15-17-19-21-22-23-24-26-28-30-32-34-36-38-42(46)41(40-45)44-43(47)39-37-35-33-31-29-27-25-20-18-16-14-12-10-8-6-4-2/h14,16,20,25,36,38,41-42,45-46H,3-13,15,17-19,21-24,26-35,37,39-40H2,1-2H3,(H,44,47)/b16-14-,25-20-,38-36+. The molecule has 1 amide bonds. The molecule has 3 N–H and O–H groups in total. The summed E-state index contributed by atoms with van der Waals surface area (Å²) >= 11 is 0. The van der Waals surface area contributed by atoms with Gasteiger partial charge in [0.05, 0.1) is 18.8 Å². The molecule has 0 fully saturated rings. The molecule has 0 aromatic heterocycles. The lowest BCUT2D eigenvalue weighted by Crippen LogP contribution is -2.45. The highest BCUT2D eigenvalue weighted by Crippen LogP contribution is 2.15. The van der Waals surface area contributed by atoms with E-state index in [0.29, 0.717) is 6.42 Å². The number of nitrogens with one attached hydrogen (secondary N) is 1. The molecule has 0 heterocycles. The van der Waals surface area contributed by atoms with Crippen molar-refractivity contribution in [3.8, 4) is 0 Å². The summed E-state index contributed by atoms with van der Waals surface area (Å²) in [5.74, 6) is -0.0778. The van der Waals surface area contributed by atoms with Crippen LogP contribution in [0.4, 0.5) is 0 Å². The minimum Gasteiger partial charge on any atom is -0.394 e. The Morgan fingerprint density at radius 1 is 0.511 bits per heavy atom. The number of amides is 1. The number of hydrogen-bond acceptors (Lipinski definition) is 3. The Hall–Kier alpha value is -1.39. The van der Waals surface area contributed by atoms with Crippen LogP contribution in [0.2, 0.25) is 0 Å². The van der Waals surface area contributed by atoms with Crippen molar-refractivity contribution >= 4 is 5.91 Å². The van der Waals surface area contributed by atoms with Crippen molar-refractivity contribution in [1.82, 2.24) is 5.32 Å². The van der Waals surface area contributed by atoms with Crippen LogP contribution in [-0.2, 0) is 4.79 Å². The monoisotopic (exact) mass is 660 g/mol. The second-order valence-corrected chi connectivity index (χ2v) is 14.1. The highest BCUT2D eigenvalue weighted by atomic mass is 16.3. The summed E-state index contributed by atoms with van der Waals surface area (Å²) in [4.78, 5) is 12.3. The second kappa shape index (κ2) is 39.1. The average Bonchev–Trinajstić information content (AvgIpc) is 3.07. The highest BCUT2D eigenvalue weighted by Gasteiger charge is 2.17. The molecule has 2 unspecified atom stereocenters. The first kappa shape index (κ1) is 45.6. The molecule has 2 atom stereocenters. The highest BCUT2D eigenvalue weighted by molar-refractivity contribution is 5.76. The fourth-order valence-electron chi connectivity index (χ4n) is 6.15. The molecule has 0 aromatic carbocycles. The van der Waals surface area contributed by atoms with Crippen LogP contribution in [0.5, 0.6) is 0 Å². The van der Waals surface area contributed by atoms with E-state index in [0.717, 1.165) is 44.9 Å². The normalized spacial score (nSPS) is 13.4. The van der Waals surface area contributed by atoms with Gasteiger partial charge in [0.2, 0.25) is 5.91 Å². The van der Waals surface area contributed by atoms with Crippen molar-refractivity contribution in [1.29, 1.82) is 0 Å². The fourth-order valence-corrected chi connectivity index (χ4v) is 6.15. The molecule has 0 bridgehead atoms. The lowest BCUT2D eigenvalue weighted by Gasteiger charge is -2.20. The average molecular weight is 660 g/mol. The van der Waals surface area contributed by atoms with Gasteiger partial charge < -0.3 is 15.5 Å². The van der Waals surface area contributed by atoms with Crippen molar-refractivity contribution in [3.63, 3.8) is 0 Å². The van der Waals surface area contributed by atoms with Gasteiger partial charge in [-0.15, -0.1) is 0 Å². The van der Waals surface area contributed by atoms with Crippen LogP contribution < -0.4 is 5.32 Å². The zero-order chi connectivity index (χ0) is 34.3. The summed E-state index contributed by atoms with van der Waals surface area (Å²) in [6, 6.07) is -0.628. The summed E-state index contributed by atoms with van der Waals surface area (Å²) in [5, 5.41) is 23.0. The molecule has 0 radical (unpaired) electrons. The van der Waals surface area contributed by atoms with Gasteiger partial charge in [-0.2, -0.15) is 0 Å². The number of allylic oxidation sites excluding steroid dienone is 5. The van der Waals surface area contributed by atoms with E-state index in [9.17, 15) is 15.0 Å². The zero-order valence-corrected chi connectivity index (χ0v) is 31.5. The Morgan fingerprint density at radius 3 is 1.30 bits per heavy atom. The summed E-state index contributed by atoms with van der Waals surface area (Å²) < 4.78 is 0. The van der Waals surface area contributed by atoms with E-state index in [1.807, 2.05) is 6.08 Å². The van der Waals surface area contributed by atoms with E-state index in [4.69, 9.17) is 0 Å². The number of rotatable bonds is 37. The van der Waals surface area contributed by atoms with Crippen LogP contribution in [-0.4, -0.2) is 34.9 Å². The zero-order valence-electron chi connectivity index (χ0n) is 31.5. The van der Waals surface area contributed by atoms with Gasteiger partial charge in [-0.1, -0.05) is 192 Å². The second-order valence-electron chi connectivity index (χ2n) is 14.1. The first-order valence-corrected chi connectivity index (χ1v) is 20.7. The molecule has 0 rings (SSSR count). The van der Waals surface area contributed by atoms with Crippen LogP contribution in [0.25, 0.3) is 0 Å². The summed E-state index contributed by atoms with van der Waals surface area (Å²) in [5.41, 5.74) is 0. The van der Waals surface area contributed by atoms with E-state index < -0.39 is 12.1 Å². The van der Waals surface area contributed by atoms with Gasteiger partial charge in [0.1, 0.15) is 0 Å². The third kappa shape index (κ3) is 35.7. The molecule has 0 saturated carbocycles. The van der Waals surface area contributed by atoms with E-state index >= 15 is 0 Å². The van der Waals surface area contributed by atoms with Gasteiger partial charge in [0.25, 0.3) is 0 Å². The predicted octanol–water partition coefficient (Wildman–Crippen LogP) is 12.6. The molecule has 4 nitrogen and oxygen atoms in total. The number of hydrogen-bond donors (Lipinski definition) is 3. The first-order chi connectivity index (χ1) is 23.2. The smallest absolute Gasteiger partial charge is 0.220 e. The van der Waals surface area contributed by atoms with Crippen LogP contribution in [0.15, 0.2) is 36.5 Å². The quantitative estimate of drug-likeness (QED) is 0.0459. The molecule has 0 aromatic rings. The number of aliphatic hydroxyl groups is 2. The van der Waals surface area contributed by atoms with Gasteiger partial charge in [-0.05, 0) is 51.4 Å². The Labute approximate surface area is 293 Å². The number of unbranched alkanes of at least 4 members (excludes halogenated alkanes) is 26. The molecular weight excluding hydrogens is 578 g/mol. The van der Waals surface area contributed by atoms with E-state index in [-0.39, 0.29) is 12.5 Å². The van der Waals surface area contributed by atoms with Crippen molar-refractivity contribution in [2.75, 3.05) is 6.61 Å². The number of carbonyl (C=O) groups excluding carboxylic acids is 1. The maximum Gasteiger partial charge on any atom is 0.220 e. The Kier molecular flexibility index (Phi) is 37.9. The lowest BCUT2D eigenvalue weighted by atomic mass is 10.0. The van der Waals surface area contributed by atoms with Crippen molar-refractivity contribution in [2.24, 2.45) is 0 Å². The SMILES string of the molecule is CCCCCC/C=C\C/C=C\CCCCCCCC(=O)NC(CO)C(O)/C=C/CCCCCCCCCCCCCCCCCCC. The van der Waals surface area contributed by atoms with Crippen LogP contribution in [0.1, 0.15) is 213 Å². The summed E-state index contributed by atoms with van der Waals surface area (Å²) in [7, 11) is 0. The molecule has 0 saturated heterocycles. The third-order valence-electron chi connectivity index (χ3n) is 9.37. The molecule has 47 heavy (non-hydrogen) atoms. The molecule has 0 aliphatic heterocycles. The molecule has 276 valence electrons. The molecule has 0 spiro atoms. The third-order valence-corrected chi connectivity index (χ3v) is 9.37. The first-order valence-electron chi connectivity index (χ1n) is 20.7. The largest absolute Gasteiger partial charge is 0.394 e. The van der Waals surface area contributed by atoms with Crippen LogP contribution in [0, 0.1) is 0 Å². The lowest BCUT2D eigenvalue weighted by molar-refractivity contribution is -0.123. The predicted molar refractivity (Wildman–Crippen MR) is 207 cm³/mol. The van der Waals surface area contributed by atoms with Gasteiger partial charge in [-0.3, -0.25) is 4.79 Å². The Bertz CT molecular complexity index is 716. The topological polar surface area (TPSA) is 69.6 Å². The van der Waals surface area contributed by atoms with Gasteiger partial charge in [0, 0.05) is 6.42 Å². The summed E-state index contributed by atoms with van der Waals surface area (Å²) in [6.45, 7) is 4.29. The molecule has 0 aliphatic rings. The van der Waals surface area contributed by atoms with Gasteiger partial charge in [-0.25, -0.2) is 0 Å².